The number of hydrogen-bond donors (Lipinski definition) is 2. The summed E-state index contributed by atoms with van der Waals surface area (Å²) in [6.07, 6.45) is 0. The van der Waals surface area contributed by atoms with E-state index in [9.17, 15) is 9.18 Å². The Balaban J connectivity index is 2.19. The first kappa shape index (κ1) is 12.8. The highest BCUT2D eigenvalue weighted by Crippen LogP contribution is 2.18. The molecule has 0 fully saturated rings. The van der Waals surface area contributed by atoms with Gasteiger partial charge in [0.1, 0.15) is 11.6 Å². The van der Waals surface area contributed by atoms with Crippen molar-refractivity contribution in [2.75, 3.05) is 5.32 Å². The average molecular weight is 357 g/mol. The third kappa shape index (κ3) is 2.98. The van der Waals surface area contributed by atoms with Crippen LogP contribution in [-0.4, -0.2) is 11.0 Å². The molecule has 92 valence electrons. The van der Waals surface area contributed by atoms with E-state index >= 15 is 0 Å². The molecule has 0 saturated heterocycles. The lowest BCUT2D eigenvalue weighted by molar-refractivity contribution is 0.102. The number of carbonyl (C=O) groups excluding carboxylic acids is 1. The van der Waals surface area contributed by atoms with Gasteiger partial charge in [-0.05, 0) is 65.1 Å². The summed E-state index contributed by atoms with van der Waals surface area (Å²) in [5.41, 5.74) is 0.975. The van der Waals surface area contributed by atoms with E-state index in [2.05, 4.69) is 5.32 Å². The van der Waals surface area contributed by atoms with Crippen LogP contribution < -0.4 is 5.32 Å². The van der Waals surface area contributed by atoms with Crippen molar-refractivity contribution in [3.8, 4) is 5.75 Å². The highest BCUT2D eigenvalue weighted by molar-refractivity contribution is 14.1. The summed E-state index contributed by atoms with van der Waals surface area (Å²) >= 11 is 1.91. The van der Waals surface area contributed by atoms with Crippen molar-refractivity contribution in [1.82, 2.24) is 0 Å². The normalized spacial score (nSPS) is 10.1. The van der Waals surface area contributed by atoms with Gasteiger partial charge >= 0.3 is 0 Å². The molecule has 0 unspecified atom stereocenters. The quantitative estimate of drug-likeness (QED) is 0.640. The zero-order valence-electron chi connectivity index (χ0n) is 9.15. The summed E-state index contributed by atoms with van der Waals surface area (Å²) in [5, 5.41) is 11.8. The number of carbonyl (C=O) groups is 1. The third-order valence-corrected chi connectivity index (χ3v) is 3.19. The third-order valence-electron chi connectivity index (χ3n) is 2.30. The summed E-state index contributed by atoms with van der Waals surface area (Å²) in [4.78, 5) is 11.9. The van der Waals surface area contributed by atoms with Crippen molar-refractivity contribution in [2.45, 2.75) is 0 Å². The van der Waals surface area contributed by atoms with Crippen LogP contribution in [0.1, 0.15) is 10.4 Å². The second-order valence-electron chi connectivity index (χ2n) is 3.63. The molecular formula is C13H9FINO2. The Morgan fingerprint density at radius 1 is 1.17 bits per heavy atom. The number of aromatic hydroxyl groups is 1. The van der Waals surface area contributed by atoms with E-state index in [1.165, 1.54) is 30.3 Å². The number of benzene rings is 2. The maximum Gasteiger partial charge on any atom is 0.256 e. The molecule has 0 spiro atoms. The van der Waals surface area contributed by atoms with E-state index in [-0.39, 0.29) is 17.5 Å². The van der Waals surface area contributed by atoms with E-state index in [0.29, 0.717) is 14.8 Å². The second kappa shape index (κ2) is 5.34. The van der Waals surface area contributed by atoms with Crippen LogP contribution in [0.2, 0.25) is 0 Å². The Morgan fingerprint density at radius 3 is 2.44 bits per heavy atom. The SMILES string of the molecule is O=C(Nc1ccc(O)cc1)c1ccc(F)cc1I. The molecule has 2 aromatic carbocycles. The van der Waals surface area contributed by atoms with E-state index in [1.54, 1.807) is 12.1 Å². The Morgan fingerprint density at radius 2 is 1.83 bits per heavy atom. The first-order valence-corrected chi connectivity index (χ1v) is 6.19. The first-order valence-electron chi connectivity index (χ1n) is 5.12. The largest absolute Gasteiger partial charge is 0.508 e. The Labute approximate surface area is 117 Å². The van der Waals surface area contributed by atoms with Gasteiger partial charge in [-0.2, -0.15) is 0 Å². The molecule has 0 heterocycles. The lowest BCUT2D eigenvalue weighted by Crippen LogP contribution is -2.13. The van der Waals surface area contributed by atoms with E-state index in [0.717, 1.165) is 0 Å². The maximum absolute atomic E-state index is 12.9. The van der Waals surface area contributed by atoms with Crippen molar-refractivity contribution in [3.63, 3.8) is 0 Å². The lowest BCUT2D eigenvalue weighted by Gasteiger charge is -2.07. The number of anilines is 1. The van der Waals surface area contributed by atoms with Gasteiger partial charge in [-0.15, -0.1) is 0 Å². The number of nitrogens with one attached hydrogen (secondary N) is 1. The molecule has 3 nitrogen and oxygen atoms in total. The summed E-state index contributed by atoms with van der Waals surface area (Å²) in [7, 11) is 0. The number of phenols is 1. The molecule has 2 N–H and O–H groups in total. The van der Waals surface area contributed by atoms with Crippen molar-refractivity contribution in [3.05, 3.63) is 57.4 Å². The summed E-state index contributed by atoms with van der Waals surface area (Å²) in [6, 6.07) is 10.1. The number of rotatable bonds is 2. The molecule has 0 bridgehead atoms. The number of phenolic OH excluding ortho intramolecular Hbond substituents is 1. The van der Waals surface area contributed by atoms with Crippen molar-refractivity contribution >= 4 is 34.2 Å². The van der Waals surface area contributed by atoms with Crippen LogP contribution >= 0.6 is 22.6 Å². The van der Waals surface area contributed by atoms with Crippen LogP contribution in [0.15, 0.2) is 42.5 Å². The first-order chi connectivity index (χ1) is 8.56. The molecule has 2 aromatic rings. The lowest BCUT2D eigenvalue weighted by atomic mass is 10.2. The van der Waals surface area contributed by atoms with Crippen LogP contribution in [-0.2, 0) is 0 Å². The Hall–Kier alpha value is -1.63. The standard InChI is InChI=1S/C13H9FINO2/c14-8-1-6-11(12(15)7-8)13(18)16-9-2-4-10(17)5-3-9/h1-7,17H,(H,16,18). The van der Waals surface area contributed by atoms with Crippen LogP contribution in [0.5, 0.6) is 5.75 Å². The van der Waals surface area contributed by atoms with Gasteiger partial charge in [0.15, 0.2) is 0 Å². The molecule has 18 heavy (non-hydrogen) atoms. The molecule has 0 atom stereocenters. The predicted molar refractivity (Wildman–Crippen MR) is 75.2 cm³/mol. The molecule has 0 radical (unpaired) electrons. The number of hydrogen-bond acceptors (Lipinski definition) is 2. The van der Waals surface area contributed by atoms with Gasteiger partial charge in [0.25, 0.3) is 5.91 Å². The van der Waals surface area contributed by atoms with Gasteiger partial charge in [0.2, 0.25) is 0 Å². The molecule has 0 aliphatic rings. The van der Waals surface area contributed by atoms with Crippen molar-refractivity contribution in [1.29, 1.82) is 0 Å². The Bertz CT molecular complexity index is 584. The molecule has 0 aromatic heterocycles. The minimum Gasteiger partial charge on any atom is -0.508 e. The highest BCUT2D eigenvalue weighted by atomic mass is 127. The number of amides is 1. The molecule has 0 aliphatic heterocycles. The van der Waals surface area contributed by atoms with E-state index < -0.39 is 0 Å². The van der Waals surface area contributed by atoms with E-state index in [1.807, 2.05) is 22.6 Å². The summed E-state index contributed by atoms with van der Waals surface area (Å²) in [5.74, 6) is -0.560. The fourth-order valence-corrected chi connectivity index (χ4v) is 2.14. The van der Waals surface area contributed by atoms with Gasteiger partial charge < -0.3 is 10.4 Å². The zero-order valence-corrected chi connectivity index (χ0v) is 11.3. The van der Waals surface area contributed by atoms with Gasteiger partial charge in [-0.3, -0.25) is 4.79 Å². The highest BCUT2D eigenvalue weighted by Gasteiger charge is 2.10. The number of halogens is 2. The fraction of sp³-hybridized carbons (Fsp3) is 0. The van der Waals surface area contributed by atoms with Crippen molar-refractivity contribution in [2.24, 2.45) is 0 Å². The average Bonchev–Trinajstić information content (AvgIpc) is 2.32. The van der Waals surface area contributed by atoms with Gasteiger partial charge in [0, 0.05) is 9.26 Å². The Kier molecular flexibility index (Phi) is 3.81. The predicted octanol–water partition coefficient (Wildman–Crippen LogP) is 3.39. The smallest absolute Gasteiger partial charge is 0.256 e. The topological polar surface area (TPSA) is 49.3 Å². The molecule has 0 aliphatic carbocycles. The summed E-state index contributed by atoms with van der Waals surface area (Å²) < 4.78 is 13.5. The minimum absolute atomic E-state index is 0.129. The fourth-order valence-electron chi connectivity index (χ4n) is 1.42. The van der Waals surface area contributed by atoms with E-state index in [4.69, 9.17) is 5.11 Å². The molecule has 1 amide bonds. The van der Waals surface area contributed by atoms with Gasteiger partial charge in [-0.1, -0.05) is 0 Å². The second-order valence-corrected chi connectivity index (χ2v) is 4.79. The molecule has 5 heteroatoms. The maximum atomic E-state index is 12.9. The van der Waals surface area contributed by atoms with Gasteiger partial charge in [0.05, 0.1) is 5.56 Å². The van der Waals surface area contributed by atoms with Crippen LogP contribution in [0.25, 0.3) is 0 Å². The van der Waals surface area contributed by atoms with Crippen molar-refractivity contribution < 1.29 is 14.3 Å². The van der Waals surface area contributed by atoms with Crippen LogP contribution in [0, 0.1) is 9.39 Å². The monoisotopic (exact) mass is 357 g/mol. The van der Waals surface area contributed by atoms with Gasteiger partial charge in [-0.25, -0.2) is 4.39 Å². The zero-order chi connectivity index (χ0) is 13.1. The minimum atomic E-state index is -0.374. The molecule has 2 rings (SSSR count). The molecular weight excluding hydrogens is 348 g/mol. The van der Waals surface area contributed by atoms with Crippen LogP contribution in [0.3, 0.4) is 0 Å². The summed E-state index contributed by atoms with van der Waals surface area (Å²) in [6.45, 7) is 0. The molecule has 0 saturated carbocycles. The van der Waals surface area contributed by atoms with Crippen LogP contribution in [0.4, 0.5) is 10.1 Å².